The summed E-state index contributed by atoms with van der Waals surface area (Å²) < 4.78 is 7.70. The van der Waals surface area contributed by atoms with E-state index in [9.17, 15) is 0 Å². The lowest BCUT2D eigenvalue weighted by Crippen LogP contribution is -2.40. The molecule has 1 aromatic carbocycles. The molecular weight excluding hydrogens is 236 g/mol. The number of nitrogens with two attached hydrogens (primary N) is 1. The Morgan fingerprint density at radius 1 is 1.21 bits per heavy atom. The molecule has 0 saturated heterocycles. The Bertz CT molecular complexity index is 594. The summed E-state index contributed by atoms with van der Waals surface area (Å²) in [5.74, 6) is 0.929. The third-order valence-corrected chi connectivity index (χ3v) is 4.52. The van der Waals surface area contributed by atoms with Gasteiger partial charge in [-0.25, -0.2) is 0 Å². The molecule has 19 heavy (non-hydrogen) atoms. The van der Waals surface area contributed by atoms with Crippen LogP contribution in [-0.2, 0) is 12.6 Å². The minimum atomic E-state index is -0.170. The maximum Gasteiger partial charge on any atom is 0.128 e. The summed E-state index contributed by atoms with van der Waals surface area (Å²) in [7, 11) is 3.83. The Morgan fingerprint density at radius 2 is 1.95 bits per heavy atom. The van der Waals surface area contributed by atoms with Crippen LogP contribution < -0.4 is 10.5 Å². The maximum absolute atomic E-state index is 6.67. The number of hydrogen-bond acceptors (Lipinski definition) is 2. The van der Waals surface area contributed by atoms with E-state index in [0.29, 0.717) is 0 Å². The second kappa shape index (κ2) is 4.57. The smallest absolute Gasteiger partial charge is 0.128 e. The fourth-order valence-corrected chi connectivity index (χ4v) is 3.43. The molecule has 3 nitrogen and oxygen atoms in total. The van der Waals surface area contributed by atoms with Gasteiger partial charge in [0.2, 0.25) is 0 Å². The summed E-state index contributed by atoms with van der Waals surface area (Å²) in [4.78, 5) is 0. The summed E-state index contributed by atoms with van der Waals surface area (Å²) in [6, 6.07) is 8.40. The van der Waals surface area contributed by atoms with Gasteiger partial charge in [0.1, 0.15) is 5.75 Å². The number of methoxy groups -OCH3 is 1. The minimum absolute atomic E-state index is 0.170. The first-order chi connectivity index (χ1) is 9.15. The second-order valence-electron chi connectivity index (χ2n) is 5.70. The quantitative estimate of drug-likeness (QED) is 0.897. The van der Waals surface area contributed by atoms with Crippen molar-refractivity contribution in [3.05, 3.63) is 30.0 Å². The molecule has 0 unspecified atom stereocenters. The molecule has 0 amide bonds. The number of aryl methyl sites for hydroxylation is 1. The predicted molar refractivity (Wildman–Crippen MR) is 78.4 cm³/mol. The molecule has 1 heterocycles. The molecule has 1 aromatic heterocycles. The molecule has 2 aromatic rings. The average Bonchev–Trinajstić information content (AvgIpc) is 2.78. The van der Waals surface area contributed by atoms with E-state index in [1.165, 1.54) is 30.5 Å². The zero-order valence-electron chi connectivity index (χ0n) is 11.8. The normalized spacial score (nSPS) is 18.7. The number of nitrogens with zero attached hydrogens (tertiary/aromatic N) is 1. The van der Waals surface area contributed by atoms with Gasteiger partial charge in [-0.1, -0.05) is 25.3 Å². The zero-order valence-corrected chi connectivity index (χ0v) is 11.8. The molecule has 0 atom stereocenters. The van der Waals surface area contributed by atoms with Crippen LogP contribution >= 0.6 is 0 Å². The fourth-order valence-electron chi connectivity index (χ4n) is 3.43. The number of ether oxygens (including phenoxy) is 1. The molecule has 0 spiro atoms. The lowest BCUT2D eigenvalue weighted by molar-refractivity contribution is 0.290. The Hall–Kier alpha value is -1.48. The first-order valence-corrected chi connectivity index (χ1v) is 7.07. The van der Waals surface area contributed by atoms with Gasteiger partial charge in [0.05, 0.1) is 18.2 Å². The first kappa shape index (κ1) is 12.5. The molecule has 0 aliphatic heterocycles. The Balaban J connectivity index is 2.16. The van der Waals surface area contributed by atoms with Crippen LogP contribution in [-0.4, -0.2) is 11.7 Å². The Labute approximate surface area is 114 Å². The molecule has 3 heteroatoms. The fraction of sp³-hybridized carbons (Fsp3) is 0.500. The average molecular weight is 258 g/mol. The SMILES string of the molecule is COc1cccc2c1cc(C1(N)CCCCC1)n2C. The van der Waals surface area contributed by atoms with E-state index in [4.69, 9.17) is 10.5 Å². The van der Waals surface area contributed by atoms with Crippen LogP contribution in [0.5, 0.6) is 5.75 Å². The molecule has 3 rings (SSSR count). The van der Waals surface area contributed by atoms with E-state index in [1.54, 1.807) is 7.11 Å². The largest absolute Gasteiger partial charge is 0.496 e. The van der Waals surface area contributed by atoms with Gasteiger partial charge in [-0.05, 0) is 31.0 Å². The van der Waals surface area contributed by atoms with Crippen LogP contribution in [0.3, 0.4) is 0 Å². The topological polar surface area (TPSA) is 40.2 Å². The highest BCUT2D eigenvalue weighted by molar-refractivity contribution is 5.87. The van der Waals surface area contributed by atoms with E-state index in [2.05, 4.69) is 23.7 Å². The van der Waals surface area contributed by atoms with Crippen LogP contribution in [0.2, 0.25) is 0 Å². The third kappa shape index (κ3) is 1.93. The van der Waals surface area contributed by atoms with Crippen LogP contribution in [0, 0.1) is 0 Å². The van der Waals surface area contributed by atoms with Gasteiger partial charge in [-0.3, -0.25) is 0 Å². The van der Waals surface area contributed by atoms with Crippen molar-refractivity contribution in [1.82, 2.24) is 4.57 Å². The summed E-state index contributed by atoms with van der Waals surface area (Å²) >= 11 is 0. The maximum atomic E-state index is 6.67. The molecule has 2 N–H and O–H groups in total. The molecule has 1 fully saturated rings. The van der Waals surface area contributed by atoms with Crippen molar-refractivity contribution >= 4 is 10.9 Å². The summed E-state index contributed by atoms with van der Waals surface area (Å²) in [5, 5.41) is 1.16. The van der Waals surface area contributed by atoms with Crippen molar-refractivity contribution in [1.29, 1.82) is 0 Å². The minimum Gasteiger partial charge on any atom is -0.496 e. The van der Waals surface area contributed by atoms with Crippen LogP contribution in [0.4, 0.5) is 0 Å². The summed E-state index contributed by atoms with van der Waals surface area (Å²) in [5.41, 5.74) is 8.95. The van der Waals surface area contributed by atoms with Crippen molar-refractivity contribution in [3.63, 3.8) is 0 Å². The van der Waals surface area contributed by atoms with Crippen LogP contribution in [0.1, 0.15) is 37.8 Å². The molecule has 1 aliphatic carbocycles. The number of hydrogen-bond donors (Lipinski definition) is 1. The van der Waals surface area contributed by atoms with E-state index >= 15 is 0 Å². The second-order valence-corrected chi connectivity index (χ2v) is 5.70. The molecular formula is C16H22N2O. The van der Waals surface area contributed by atoms with Gasteiger partial charge in [0, 0.05) is 18.1 Å². The zero-order chi connectivity index (χ0) is 13.5. The van der Waals surface area contributed by atoms with Gasteiger partial charge in [0.25, 0.3) is 0 Å². The van der Waals surface area contributed by atoms with Crippen molar-refractivity contribution in [2.45, 2.75) is 37.6 Å². The van der Waals surface area contributed by atoms with Crippen LogP contribution in [0.25, 0.3) is 10.9 Å². The molecule has 102 valence electrons. The monoisotopic (exact) mass is 258 g/mol. The lowest BCUT2D eigenvalue weighted by Gasteiger charge is -2.34. The van der Waals surface area contributed by atoms with E-state index in [0.717, 1.165) is 24.0 Å². The number of aromatic nitrogens is 1. The molecule has 1 saturated carbocycles. The van der Waals surface area contributed by atoms with E-state index in [-0.39, 0.29) is 5.54 Å². The van der Waals surface area contributed by atoms with Crippen LogP contribution in [0.15, 0.2) is 24.3 Å². The Morgan fingerprint density at radius 3 is 2.63 bits per heavy atom. The summed E-state index contributed by atoms with van der Waals surface area (Å²) in [6.07, 6.45) is 5.94. The van der Waals surface area contributed by atoms with Gasteiger partial charge < -0.3 is 15.0 Å². The van der Waals surface area contributed by atoms with E-state index < -0.39 is 0 Å². The molecule has 1 aliphatic rings. The highest BCUT2D eigenvalue weighted by Gasteiger charge is 2.32. The van der Waals surface area contributed by atoms with Gasteiger partial charge in [0.15, 0.2) is 0 Å². The van der Waals surface area contributed by atoms with E-state index in [1.807, 2.05) is 12.1 Å². The first-order valence-electron chi connectivity index (χ1n) is 7.07. The highest BCUT2D eigenvalue weighted by Crippen LogP contribution is 2.38. The van der Waals surface area contributed by atoms with Crippen molar-refractivity contribution in [3.8, 4) is 5.75 Å². The standard InChI is InChI=1S/C16H22N2O/c1-18-13-7-6-8-14(19-2)12(13)11-15(18)16(17)9-4-3-5-10-16/h6-8,11H,3-5,9-10,17H2,1-2H3. The number of benzene rings is 1. The number of rotatable bonds is 2. The Kier molecular flexibility index (Phi) is 3.02. The van der Waals surface area contributed by atoms with Gasteiger partial charge in [-0.15, -0.1) is 0 Å². The van der Waals surface area contributed by atoms with Crippen molar-refractivity contribution < 1.29 is 4.74 Å². The van der Waals surface area contributed by atoms with Crippen molar-refractivity contribution in [2.24, 2.45) is 12.8 Å². The van der Waals surface area contributed by atoms with Crippen molar-refractivity contribution in [2.75, 3.05) is 7.11 Å². The third-order valence-electron chi connectivity index (χ3n) is 4.52. The molecule has 0 bridgehead atoms. The molecule has 0 radical (unpaired) electrons. The van der Waals surface area contributed by atoms with Gasteiger partial charge >= 0.3 is 0 Å². The summed E-state index contributed by atoms with van der Waals surface area (Å²) in [6.45, 7) is 0. The van der Waals surface area contributed by atoms with Gasteiger partial charge in [-0.2, -0.15) is 0 Å². The highest BCUT2D eigenvalue weighted by atomic mass is 16.5. The lowest BCUT2D eigenvalue weighted by atomic mass is 9.80. The number of fused-ring (bicyclic) bond motifs is 1. The predicted octanol–water partition coefficient (Wildman–Crippen LogP) is 3.31.